The van der Waals surface area contributed by atoms with Gasteiger partial charge < -0.3 is 25.4 Å². The first-order valence-electron chi connectivity index (χ1n) is 11.0. The summed E-state index contributed by atoms with van der Waals surface area (Å²) in [4.78, 5) is 24.9. The molecule has 2 fully saturated rings. The molecule has 2 saturated heterocycles. The Labute approximate surface area is 196 Å². The van der Waals surface area contributed by atoms with E-state index in [0.29, 0.717) is 48.4 Å². The van der Waals surface area contributed by atoms with Gasteiger partial charge in [0, 0.05) is 24.8 Å². The number of carbonyl (C=O) groups is 1. The van der Waals surface area contributed by atoms with E-state index in [1.54, 1.807) is 6.07 Å². The number of nitrogens with zero attached hydrogens (tertiary/aromatic N) is 3. The fourth-order valence-corrected chi connectivity index (χ4v) is 3.88. The number of anilines is 2. The van der Waals surface area contributed by atoms with Crippen molar-refractivity contribution in [2.75, 3.05) is 43.5 Å². The summed E-state index contributed by atoms with van der Waals surface area (Å²) < 4.78 is 25.8. The molecule has 0 aliphatic carbocycles. The molecule has 4 rings (SSSR count). The van der Waals surface area contributed by atoms with Crippen LogP contribution < -0.4 is 16.0 Å². The molecule has 2 aliphatic heterocycles. The predicted molar refractivity (Wildman–Crippen MR) is 123 cm³/mol. The summed E-state index contributed by atoms with van der Waals surface area (Å²) in [6.07, 6.45) is 4.27. The topological polar surface area (TPSA) is 110 Å². The first kappa shape index (κ1) is 23.7. The number of ether oxygens (including phenoxy) is 2. The normalized spacial score (nSPS) is 22.5. The number of hydrogen-bond acceptors (Lipinski definition) is 8. The van der Waals surface area contributed by atoms with E-state index in [1.807, 2.05) is 13.8 Å². The van der Waals surface area contributed by atoms with Crippen LogP contribution in [-0.4, -0.2) is 65.4 Å². The van der Waals surface area contributed by atoms with Gasteiger partial charge in [-0.15, -0.1) is 0 Å². The van der Waals surface area contributed by atoms with Crippen molar-refractivity contribution in [2.45, 2.75) is 38.4 Å². The molecule has 0 saturated carbocycles. The first-order valence-corrected chi connectivity index (χ1v) is 11.4. The van der Waals surface area contributed by atoms with Crippen molar-refractivity contribution in [3.05, 3.63) is 29.4 Å². The lowest BCUT2D eigenvalue weighted by Gasteiger charge is -2.35. The molecule has 2 aromatic heterocycles. The standard InChI is InChI=1S/C22H28ClFN6O3/c1-22(2)12-32-14(11-33-22)8-28-20-19(24)27-10-17(29-20)15-6-18(26-9-16(15)23)30-21(31)13-4-3-5-25-7-13/h6,9-10,13-14,25H,3-5,7-8,11-12H2,1-2H3,(H,28,29)(H,26,30,31). The van der Waals surface area contributed by atoms with E-state index in [9.17, 15) is 9.18 Å². The first-order chi connectivity index (χ1) is 15.8. The van der Waals surface area contributed by atoms with E-state index < -0.39 is 5.95 Å². The van der Waals surface area contributed by atoms with Gasteiger partial charge in [-0.1, -0.05) is 11.6 Å². The van der Waals surface area contributed by atoms with Crippen molar-refractivity contribution in [3.8, 4) is 11.3 Å². The van der Waals surface area contributed by atoms with Gasteiger partial charge >= 0.3 is 0 Å². The second-order valence-corrected chi connectivity index (χ2v) is 9.27. The summed E-state index contributed by atoms with van der Waals surface area (Å²) in [5, 5.41) is 9.30. The number of aromatic nitrogens is 3. The Bertz CT molecular complexity index is 992. The zero-order valence-electron chi connectivity index (χ0n) is 18.7. The SMILES string of the molecule is CC1(C)COC(CNc2nc(-c3cc(NC(=O)C4CCCNC4)ncc3Cl)cnc2F)CO1. The highest BCUT2D eigenvalue weighted by Gasteiger charge is 2.28. The van der Waals surface area contributed by atoms with E-state index in [4.69, 9.17) is 21.1 Å². The van der Waals surface area contributed by atoms with E-state index >= 15 is 0 Å². The molecule has 1 amide bonds. The minimum absolute atomic E-state index is 0.0207. The van der Waals surface area contributed by atoms with Crippen molar-refractivity contribution in [2.24, 2.45) is 5.92 Å². The summed E-state index contributed by atoms with van der Waals surface area (Å²) in [6.45, 7) is 6.61. The molecule has 33 heavy (non-hydrogen) atoms. The Kier molecular flexibility index (Phi) is 7.38. The Morgan fingerprint density at radius 2 is 2.21 bits per heavy atom. The maximum absolute atomic E-state index is 14.3. The molecule has 0 aromatic carbocycles. The van der Waals surface area contributed by atoms with Crippen LogP contribution in [0.4, 0.5) is 16.0 Å². The van der Waals surface area contributed by atoms with Crippen LogP contribution in [0, 0.1) is 11.9 Å². The number of piperidine rings is 1. The maximum atomic E-state index is 14.3. The molecular weight excluding hydrogens is 451 g/mol. The average Bonchev–Trinajstić information content (AvgIpc) is 2.81. The molecule has 4 heterocycles. The summed E-state index contributed by atoms with van der Waals surface area (Å²) in [7, 11) is 0. The second-order valence-electron chi connectivity index (χ2n) is 8.86. The number of carbonyl (C=O) groups excluding carboxylic acids is 1. The van der Waals surface area contributed by atoms with Crippen molar-refractivity contribution in [1.29, 1.82) is 0 Å². The predicted octanol–water partition coefficient (Wildman–Crippen LogP) is 2.88. The number of rotatable bonds is 6. The fourth-order valence-electron chi connectivity index (χ4n) is 3.68. The minimum atomic E-state index is -0.737. The average molecular weight is 479 g/mol. The zero-order valence-corrected chi connectivity index (χ0v) is 19.4. The van der Waals surface area contributed by atoms with Crippen molar-refractivity contribution in [1.82, 2.24) is 20.3 Å². The summed E-state index contributed by atoms with van der Waals surface area (Å²) in [6, 6.07) is 1.61. The summed E-state index contributed by atoms with van der Waals surface area (Å²) in [5.74, 6) is -0.626. The fraction of sp³-hybridized carbons (Fsp3) is 0.545. The molecule has 2 unspecified atom stereocenters. The molecule has 0 bridgehead atoms. The van der Waals surface area contributed by atoms with Gasteiger partial charge in [0.25, 0.3) is 5.95 Å². The molecule has 3 N–H and O–H groups in total. The van der Waals surface area contributed by atoms with E-state index in [1.165, 1.54) is 12.4 Å². The minimum Gasteiger partial charge on any atom is -0.371 e. The second kappa shape index (κ2) is 10.3. The van der Waals surface area contributed by atoms with Crippen LogP contribution in [0.3, 0.4) is 0 Å². The smallest absolute Gasteiger partial charge is 0.255 e. The quantitative estimate of drug-likeness (QED) is 0.581. The molecule has 2 aliphatic rings. The van der Waals surface area contributed by atoms with Crippen LogP contribution in [0.5, 0.6) is 0 Å². The molecule has 2 aromatic rings. The molecular formula is C22H28ClFN6O3. The molecule has 11 heteroatoms. The molecule has 2 atom stereocenters. The van der Waals surface area contributed by atoms with Gasteiger partial charge in [-0.3, -0.25) is 4.79 Å². The van der Waals surface area contributed by atoms with Crippen LogP contribution >= 0.6 is 11.6 Å². The van der Waals surface area contributed by atoms with Crippen LogP contribution in [0.2, 0.25) is 5.02 Å². The van der Waals surface area contributed by atoms with Gasteiger partial charge in [-0.25, -0.2) is 15.0 Å². The van der Waals surface area contributed by atoms with Gasteiger partial charge in [-0.05, 0) is 39.3 Å². The Morgan fingerprint density at radius 1 is 1.36 bits per heavy atom. The summed E-state index contributed by atoms with van der Waals surface area (Å²) in [5.41, 5.74) is 0.501. The largest absolute Gasteiger partial charge is 0.371 e. The van der Waals surface area contributed by atoms with Crippen molar-refractivity contribution >= 4 is 29.1 Å². The zero-order chi connectivity index (χ0) is 23.4. The highest BCUT2D eigenvalue weighted by molar-refractivity contribution is 6.33. The van der Waals surface area contributed by atoms with Gasteiger partial charge in [0.2, 0.25) is 5.91 Å². The lowest BCUT2D eigenvalue weighted by molar-refractivity contribution is -0.170. The van der Waals surface area contributed by atoms with E-state index in [-0.39, 0.29) is 29.3 Å². The van der Waals surface area contributed by atoms with Gasteiger partial charge in [0.1, 0.15) is 5.82 Å². The van der Waals surface area contributed by atoms with Crippen molar-refractivity contribution in [3.63, 3.8) is 0 Å². The molecule has 9 nitrogen and oxygen atoms in total. The third-order valence-corrected chi connectivity index (χ3v) is 5.90. The Hall–Kier alpha value is -2.40. The highest BCUT2D eigenvalue weighted by atomic mass is 35.5. The van der Waals surface area contributed by atoms with E-state index in [2.05, 4.69) is 30.9 Å². The monoisotopic (exact) mass is 478 g/mol. The van der Waals surface area contributed by atoms with Crippen LogP contribution in [0.25, 0.3) is 11.3 Å². The van der Waals surface area contributed by atoms with Crippen LogP contribution in [-0.2, 0) is 14.3 Å². The highest BCUT2D eigenvalue weighted by Crippen LogP contribution is 2.29. The third-order valence-electron chi connectivity index (χ3n) is 5.60. The molecule has 178 valence electrons. The summed E-state index contributed by atoms with van der Waals surface area (Å²) >= 11 is 6.33. The van der Waals surface area contributed by atoms with E-state index in [0.717, 1.165) is 19.4 Å². The van der Waals surface area contributed by atoms with Crippen molar-refractivity contribution < 1.29 is 18.7 Å². The molecule has 0 spiro atoms. The number of halogens is 2. The number of pyridine rings is 1. The van der Waals surface area contributed by atoms with Gasteiger partial charge in [-0.2, -0.15) is 4.39 Å². The molecule has 0 radical (unpaired) electrons. The lowest BCUT2D eigenvalue weighted by Crippen LogP contribution is -2.44. The lowest BCUT2D eigenvalue weighted by atomic mass is 9.99. The van der Waals surface area contributed by atoms with Crippen LogP contribution in [0.1, 0.15) is 26.7 Å². The number of nitrogens with one attached hydrogen (secondary N) is 3. The maximum Gasteiger partial charge on any atom is 0.255 e. The van der Waals surface area contributed by atoms with Gasteiger partial charge in [0.15, 0.2) is 5.82 Å². The number of amides is 1. The van der Waals surface area contributed by atoms with Gasteiger partial charge in [0.05, 0.1) is 47.8 Å². The Morgan fingerprint density at radius 3 is 2.94 bits per heavy atom. The number of hydrogen-bond donors (Lipinski definition) is 3. The van der Waals surface area contributed by atoms with Crippen LogP contribution in [0.15, 0.2) is 18.5 Å². The Balaban J connectivity index is 1.45. The third kappa shape index (κ3) is 6.14.